The molecular weight excluding hydrogens is 429 g/mol. The number of benzene rings is 4. The van der Waals surface area contributed by atoms with Gasteiger partial charge in [0.05, 0.1) is 11.8 Å². The maximum Gasteiger partial charge on any atom is 0.416 e. The first-order chi connectivity index (χ1) is 15.9. The molecule has 4 aromatic rings. The molecule has 1 N–H and O–H groups in total. The Bertz CT molecular complexity index is 1290. The Labute approximate surface area is 188 Å². The Kier molecular flexibility index (Phi) is 6.40. The molecule has 0 radical (unpaired) electrons. The smallest absolute Gasteiger partial charge is 0.416 e. The summed E-state index contributed by atoms with van der Waals surface area (Å²) >= 11 is 0. The minimum Gasteiger partial charge on any atom is -0.489 e. The van der Waals surface area contributed by atoms with Crippen molar-refractivity contribution in [2.45, 2.75) is 12.8 Å². The summed E-state index contributed by atoms with van der Waals surface area (Å²) in [5.41, 5.74) is 2.99. The molecule has 0 unspecified atom stereocenters. The van der Waals surface area contributed by atoms with Crippen molar-refractivity contribution >= 4 is 22.9 Å². The van der Waals surface area contributed by atoms with Crippen LogP contribution in [0, 0.1) is 0 Å². The fourth-order valence-electron chi connectivity index (χ4n) is 3.30. The van der Waals surface area contributed by atoms with Crippen LogP contribution in [0.15, 0.2) is 96.1 Å². The van der Waals surface area contributed by atoms with Crippen LogP contribution in [0.25, 0.3) is 10.8 Å². The van der Waals surface area contributed by atoms with Crippen LogP contribution < -0.4 is 10.2 Å². The van der Waals surface area contributed by atoms with Crippen LogP contribution in [0.1, 0.15) is 27.0 Å². The minimum absolute atomic E-state index is 0.126. The quantitative estimate of drug-likeness (QED) is 0.282. The molecule has 33 heavy (non-hydrogen) atoms. The molecule has 0 bridgehead atoms. The van der Waals surface area contributed by atoms with Crippen LogP contribution in [0.4, 0.5) is 13.2 Å². The number of halogens is 3. The van der Waals surface area contributed by atoms with Gasteiger partial charge < -0.3 is 4.74 Å². The monoisotopic (exact) mass is 448 g/mol. The molecule has 4 rings (SSSR count). The highest BCUT2D eigenvalue weighted by Crippen LogP contribution is 2.29. The fourth-order valence-corrected chi connectivity index (χ4v) is 3.30. The van der Waals surface area contributed by atoms with Crippen molar-refractivity contribution in [3.63, 3.8) is 0 Å². The van der Waals surface area contributed by atoms with Gasteiger partial charge >= 0.3 is 6.18 Å². The summed E-state index contributed by atoms with van der Waals surface area (Å²) in [4.78, 5) is 12.1. The molecule has 0 aliphatic heterocycles. The van der Waals surface area contributed by atoms with Crippen LogP contribution >= 0.6 is 0 Å². The van der Waals surface area contributed by atoms with Gasteiger partial charge in [-0.2, -0.15) is 18.3 Å². The van der Waals surface area contributed by atoms with Gasteiger partial charge in [-0.15, -0.1) is 0 Å². The number of hydrogen-bond acceptors (Lipinski definition) is 3. The van der Waals surface area contributed by atoms with Crippen molar-refractivity contribution < 1.29 is 22.7 Å². The number of ether oxygens (including phenoxy) is 1. The van der Waals surface area contributed by atoms with Gasteiger partial charge in [-0.1, -0.05) is 48.5 Å². The van der Waals surface area contributed by atoms with Crippen LogP contribution in [-0.4, -0.2) is 12.1 Å². The topological polar surface area (TPSA) is 50.7 Å². The van der Waals surface area contributed by atoms with Crippen LogP contribution in [0.5, 0.6) is 5.75 Å². The van der Waals surface area contributed by atoms with Gasteiger partial charge in [-0.05, 0) is 64.4 Å². The normalized spacial score (nSPS) is 11.6. The van der Waals surface area contributed by atoms with Crippen molar-refractivity contribution in [1.82, 2.24) is 5.43 Å². The molecule has 0 saturated heterocycles. The first-order valence-electron chi connectivity index (χ1n) is 10.1. The average molecular weight is 448 g/mol. The molecule has 4 aromatic carbocycles. The van der Waals surface area contributed by atoms with E-state index in [4.69, 9.17) is 4.74 Å². The van der Waals surface area contributed by atoms with Crippen molar-refractivity contribution in [1.29, 1.82) is 0 Å². The van der Waals surface area contributed by atoms with E-state index in [1.54, 1.807) is 24.3 Å². The zero-order chi connectivity index (χ0) is 23.3. The predicted molar refractivity (Wildman–Crippen MR) is 121 cm³/mol. The number of rotatable bonds is 6. The van der Waals surface area contributed by atoms with E-state index in [0.29, 0.717) is 17.9 Å². The lowest BCUT2D eigenvalue weighted by atomic mass is 10.1. The maximum atomic E-state index is 12.8. The van der Waals surface area contributed by atoms with Gasteiger partial charge in [-0.3, -0.25) is 4.79 Å². The third-order valence-electron chi connectivity index (χ3n) is 4.99. The lowest BCUT2D eigenvalue weighted by Gasteiger charge is -2.09. The van der Waals surface area contributed by atoms with Gasteiger partial charge in [0.1, 0.15) is 12.4 Å². The number of alkyl halides is 3. The maximum absolute atomic E-state index is 12.8. The molecule has 4 nitrogen and oxygen atoms in total. The van der Waals surface area contributed by atoms with Crippen molar-refractivity contribution in [3.8, 4) is 5.75 Å². The second-order valence-electron chi connectivity index (χ2n) is 7.27. The van der Waals surface area contributed by atoms with Crippen molar-refractivity contribution in [3.05, 3.63) is 113 Å². The van der Waals surface area contributed by atoms with Crippen LogP contribution in [0.3, 0.4) is 0 Å². The molecule has 1 amide bonds. The molecule has 0 atom stereocenters. The lowest BCUT2D eigenvalue weighted by molar-refractivity contribution is -0.137. The van der Waals surface area contributed by atoms with Crippen molar-refractivity contribution in [2.24, 2.45) is 5.10 Å². The summed E-state index contributed by atoms with van der Waals surface area (Å²) < 4.78 is 44.2. The Morgan fingerprint density at radius 2 is 1.64 bits per heavy atom. The zero-order valence-corrected chi connectivity index (χ0v) is 17.3. The molecule has 0 fully saturated rings. The molecule has 0 aliphatic rings. The van der Waals surface area contributed by atoms with Gasteiger partial charge in [0.2, 0.25) is 0 Å². The minimum atomic E-state index is -4.52. The number of carbonyl (C=O) groups excluding carboxylic acids is 1. The molecule has 0 aromatic heterocycles. The Morgan fingerprint density at radius 3 is 2.42 bits per heavy atom. The summed E-state index contributed by atoms with van der Waals surface area (Å²) in [6.45, 7) is 0.418. The summed E-state index contributed by atoms with van der Waals surface area (Å²) in [6, 6.07) is 25.4. The number of nitrogens with zero attached hydrogens (tertiary/aromatic N) is 1. The van der Waals surface area contributed by atoms with E-state index < -0.39 is 17.6 Å². The number of hydrazone groups is 1. The molecule has 0 saturated carbocycles. The Hall–Kier alpha value is -4.13. The SMILES string of the molecule is O=C(N/N=C\c1ccc(OCc2cccc3ccccc23)cc1)c1cccc(C(F)(F)F)c1. The van der Waals surface area contributed by atoms with E-state index >= 15 is 0 Å². The average Bonchev–Trinajstić information content (AvgIpc) is 2.83. The van der Waals surface area contributed by atoms with Gasteiger partial charge in [0.15, 0.2) is 0 Å². The molecule has 0 heterocycles. The highest BCUT2D eigenvalue weighted by Gasteiger charge is 2.30. The summed E-state index contributed by atoms with van der Waals surface area (Å²) in [5.74, 6) is -0.0551. The van der Waals surface area contributed by atoms with E-state index in [9.17, 15) is 18.0 Å². The van der Waals surface area contributed by atoms with E-state index in [1.807, 2.05) is 24.3 Å². The number of hydrogen-bond donors (Lipinski definition) is 1. The predicted octanol–water partition coefficient (Wildman–Crippen LogP) is 6.20. The standard InChI is InChI=1S/C26H19F3N2O2/c27-26(28,29)22-9-4-7-20(15-22)25(32)31-30-16-18-11-13-23(14-12-18)33-17-21-8-3-6-19-5-1-2-10-24(19)21/h1-16H,17H2,(H,31,32)/b30-16-. The second kappa shape index (κ2) is 9.56. The molecule has 0 aliphatic carbocycles. The molecule has 0 spiro atoms. The fraction of sp³-hybridized carbons (Fsp3) is 0.0769. The number of fused-ring (bicyclic) bond motifs is 1. The number of nitrogens with one attached hydrogen (secondary N) is 1. The summed E-state index contributed by atoms with van der Waals surface area (Å²) in [6.07, 6.45) is -3.11. The number of amides is 1. The third kappa shape index (κ3) is 5.57. The third-order valence-corrected chi connectivity index (χ3v) is 4.99. The second-order valence-corrected chi connectivity index (χ2v) is 7.27. The van der Waals surface area contributed by atoms with Crippen LogP contribution in [-0.2, 0) is 12.8 Å². The molecule has 7 heteroatoms. The van der Waals surface area contributed by atoms with E-state index in [2.05, 4.69) is 28.7 Å². The van der Waals surface area contributed by atoms with Gasteiger partial charge in [0.25, 0.3) is 5.91 Å². The van der Waals surface area contributed by atoms with Crippen LogP contribution in [0.2, 0.25) is 0 Å². The summed E-state index contributed by atoms with van der Waals surface area (Å²) in [7, 11) is 0. The lowest BCUT2D eigenvalue weighted by Crippen LogP contribution is -2.18. The largest absolute Gasteiger partial charge is 0.489 e. The zero-order valence-electron chi connectivity index (χ0n) is 17.3. The van der Waals surface area contributed by atoms with E-state index in [-0.39, 0.29) is 5.56 Å². The highest BCUT2D eigenvalue weighted by atomic mass is 19.4. The first-order valence-corrected chi connectivity index (χ1v) is 10.1. The van der Waals surface area contributed by atoms with Gasteiger partial charge in [-0.25, -0.2) is 5.43 Å². The molecular formula is C26H19F3N2O2. The van der Waals surface area contributed by atoms with E-state index in [1.165, 1.54) is 18.3 Å². The van der Waals surface area contributed by atoms with Crippen molar-refractivity contribution in [2.75, 3.05) is 0 Å². The van der Waals surface area contributed by atoms with Gasteiger partial charge in [0, 0.05) is 5.56 Å². The summed E-state index contributed by atoms with van der Waals surface area (Å²) in [5, 5.41) is 6.11. The molecule has 166 valence electrons. The Morgan fingerprint density at radius 1 is 0.909 bits per heavy atom. The highest BCUT2D eigenvalue weighted by molar-refractivity contribution is 5.95. The number of carbonyl (C=O) groups is 1. The Balaban J connectivity index is 1.34. The van der Waals surface area contributed by atoms with E-state index in [0.717, 1.165) is 28.5 Å². The first kappa shape index (κ1) is 22.1.